The summed E-state index contributed by atoms with van der Waals surface area (Å²) in [6.07, 6.45) is 2.93. The maximum absolute atomic E-state index is 10.1. The summed E-state index contributed by atoms with van der Waals surface area (Å²) in [4.78, 5) is 0. The van der Waals surface area contributed by atoms with Gasteiger partial charge >= 0.3 is 0 Å². The number of methoxy groups -OCH3 is 4. The Morgan fingerprint density at radius 2 is 1.57 bits per heavy atom. The van der Waals surface area contributed by atoms with E-state index in [4.69, 9.17) is 18.9 Å². The largest absolute Gasteiger partial charge is 1.00 e. The summed E-state index contributed by atoms with van der Waals surface area (Å²) in [5.74, 6) is 2.45. The maximum Gasteiger partial charge on any atom is 0.213 e. The minimum absolute atomic E-state index is 0. The number of fused-ring (bicyclic) bond motifs is 4. The van der Waals surface area contributed by atoms with Gasteiger partial charge in [-0.3, -0.25) is 0 Å². The maximum atomic E-state index is 10.1. The van der Waals surface area contributed by atoms with E-state index in [1.54, 1.807) is 34.5 Å². The highest BCUT2D eigenvalue weighted by Gasteiger charge is 2.27. The average Bonchev–Trinajstić information content (AvgIpc) is 2.70. The number of aromatic hydroxyl groups is 1. The van der Waals surface area contributed by atoms with Crippen LogP contribution in [0.1, 0.15) is 5.56 Å². The molecular weight excluding hydrogens is 382 g/mol. The van der Waals surface area contributed by atoms with Crippen molar-refractivity contribution in [3.8, 4) is 40.0 Å². The number of aryl methyl sites for hydroxylation is 2. The van der Waals surface area contributed by atoms with Crippen molar-refractivity contribution < 1.29 is 41.0 Å². The molecule has 1 aromatic heterocycles. The molecule has 0 saturated heterocycles. The lowest BCUT2D eigenvalue weighted by Crippen LogP contribution is -3.00. The van der Waals surface area contributed by atoms with Crippen molar-refractivity contribution in [2.75, 3.05) is 28.4 Å². The van der Waals surface area contributed by atoms with E-state index in [-0.39, 0.29) is 18.2 Å². The third-order valence-electron chi connectivity index (χ3n) is 5.09. The number of hydrogen-bond donors (Lipinski definition) is 1. The van der Waals surface area contributed by atoms with Crippen LogP contribution in [-0.4, -0.2) is 33.5 Å². The van der Waals surface area contributed by atoms with Crippen LogP contribution in [0.2, 0.25) is 0 Å². The molecule has 0 saturated carbocycles. The molecule has 0 radical (unpaired) electrons. The fraction of sp³-hybridized carbons (Fsp3) is 0.286. The molecule has 0 atom stereocenters. The Hall–Kier alpha value is -2.86. The Bertz CT molecular complexity index is 1050. The van der Waals surface area contributed by atoms with Crippen LogP contribution in [0.25, 0.3) is 22.0 Å². The zero-order valence-corrected chi connectivity index (χ0v) is 17.0. The monoisotopic (exact) mass is 403 g/mol. The number of rotatable bonds is 4. The predicted octanol–water partition coefficient (Wildman–Crippen LogP) is 0.0944. The highest BCUT2D eigenvalue weighted by atomic mass is 35.5. The number of nitrogens with zero attached hydrogens (tertiary/aromatic N) is 1. The summed E-state index contributed by atoms with van der Waals surface area (Å²) >= 11 is 0. The highest BCUT2D eigenvalue weighted by Crippen LogP contribution is 2.44. The third kappa shape index (κ3) is 2.94. The lowest BCUT2D eigenvalue weighted by atomic mass is 9.95. The van der Waals surface area contributed by atoms with Crippen molar-refractivity contribution in [3.63, 3.8) is 0 Å². The fourth-order valence-corrected chi connectivity index (χ4v) is 3.79. The Morgan fingerprint density at radius 3 is 2.21 bits per heavy atom. The van der Waals surface area contributed by atoms with Crippen LogP contribution in [-0.2, 0) is 13.0 Å². The van der Waals surface area contributed by atoms with Gasteiger partial charge in [-0.2, -0.15) is 4.57 Å². The van der Waals surface area contributed by atoms with Crippen molar-refractivity contribution >= 4 is 10.8 Å². The van der Waals surface area contributed by atoms with Gasteiger partial charge < -0.3 is 36.5 Å². The second-order valence-corrected chi connectivity index (χ2v) is 6.43. The molecule has 6 nitrogen and oxygen atoms in total. The topological polar surface area (TPSA) is 61.0 Å². The number of phenolic OH excluding ortho intramolecular Hbond substituents is 1. The molecule has 0 bridgehead atoms. The summed E-state index contributed by atoms with van der Waals surface area (Å²) in [6.45, 7) is 0.820. The Balaban J connectivity index is 0.00000225. The minimum Gasteiger partial charge on any atom is -1.00 e. The van der Waals surface area contributed by atoms with Gasteiger partial charge in [0.1, 0.15) is 0 Å². The van der Waals surface area contributed by atoms with Crippen LogP contribution in [0.15, 0.2) is 30.5 Å². The lowest BCUT2D eigenvalue weighted by molar-refractivity contribution is -0.686. The quantitative estimate of drug-likeness (QED) is 0.626. The molecule has 7 heteroatoms. The van der Waals surface area contributed by atoms with Crippen LogP contribution >= 0.6 is 0 Å². The standard InChI is InChI=1S/C21H21NO5.ClH/c1-24-18-10-14-12(7-17(18)23)5-6-22-11-13-8-19(25-2)21(27-4)20(26-3)15(13)9-16(14)22;/h7-11H,5-6H2,1-4H3;1H. The number of ether oxygens (including phenoxy) is 4. The number of benzene rings is 2. The predicted molar refractivity (Wildman–Crippen MR) is 101 cm³/mol. The summed E-state index contributed by atoms with van der Waals surface area (Å²) in [5, 5.41) is 12.0. The molecule has 2 aromatic carbocycles. The average molecular weight is 404 g/mol. The molecule has 0 spiro atoms. The van der Waals surface area contributed by atoms with E-state index in [9.17, 15) is 5.11 Å². The molecule has 28 heavy (non-hydrogen) atoms. The van der Waals surface area contributed by atoms with Gasteiger partial charge in [-0.15, -0.1) is 0 Å². The SMILES string of the molecule is COc1cc2c(cc1O)CC[n+]1cc3cc(OC)c(OC)c(OC)c3cc1-2.[Cl-]. The van der Waals surface area contributed by atoms with Crippen molar-refractivity contribution in [2.45, 2.75) is 13.0 Å². The first kappa shape index (κ1) is 19.9. The molecule has 0 amide bonds. The molecular formula is C21H22ClNO5. The number of aromatic nitrogens is 1. The van der Waals surface area contributed by atoms with E-state index >= 15 is 0 Å². The number of hydrogen-bond acceptors (Lipinski definition) is 5. The van der Waals surface area contributed by atoms with Gasteiger partial charge in [-0.25, -0.2) is 0 Å². The second-order valence-electron chi connectivity index (χ2n) is 6.43. The Kier molecular flexibility index (Phi) is 5.42. The van der Waals surface area contributed by atoms with Crippen molar-refractivity contribution in [2.24, 2.45) is 0 Å². The summed E-state index contributed by atoms with van der Waals surface area (Å²) in [5.41, 5.74) is 3.16. The van der Waals surface area contributed by atoms with E-state index in [0.29, 0.717) is 23.0 Å². The van der Waals surface area contributed by atoms with Crippen molar-refractivity contribution in [1.29, 1.82) is 0 Å². The lowest BCUT2D eigenvalue weighted by Gasteiger charge is -2.19. The van der Waals surface area contributed by atoms with Gasteiger partial charge in [0.05, 0.1) is 39.4 Å². The van der Waals surface area contributed by atoms with Crippen LogP contribution in [0, 0.1) is 0 Å². The smallest absolute Gasteiger partial charge is 0.213 e. The molecule has 1 aliphatic heterocycles. The van der Waals surface area contributed by atoms with Crippen molar-refractivity contribution in [3.05, 3.63) is 36.0 Å². The van der Waals surface area contributed by atoms with Gasteiger partial charge in [0.2, 0.25) is 11.4 Å². The summed E-state index contributed by atoms with van der Waals surface area (Å²) in [6, 6.07) is 7.71. The molecule has 2 heterocycles. The van der Waals surface area contributed by atoms with E-state index in [0.717, 1.165) is 40.6 Å². The van der Waals surface area contributed by atoms with Gasteiger partial charge in [0, 0.05) is 17.9 Å². The highest BCUT2D eigenvalue weighted by molar-refractivity contribution is 5.94. The molecule has 0 fully saturated rings. The minimum atomic E-state index is 0. The van der Waals surface area contributed by atoms with Gasteiger partial charge in [-0.05, 0) is 23.8 Å². The molecule has 1 N–H and O–H groups in total. The first-order chi connectivity index (χ1) is 13.1. The first-order valence-electron chi connectivity index (χ1n) is 8.67. The molecule has 1 aliphatic rings. The molecule has 0 aliphatic carbocycles. The van der Waals surface area contributed by atoms with Crippen LogP contribution in [0.4, 0.5) is 0 Å². The van der Waals surface area contributed by atoms with E-state index in [2.05, 4.69) is 16.8 Å². The molecule has 148 valence electrons. The second kappa shape index (κ2) is 7.64. The van der Waals surface area contributed by atoms with E-state index < -0.39 is 0 Å². The summed E-state index contributed by atoms with van der Waals surface area (Å²) in [7, 11) is 6.39. The number of pyridine rings is 1. The summed E-state index contributed by atoms with van der Waals surface area (Å²) < 4.78 is 24.2. The van der Waals surface area contributed by atoms with Gasteiger partial charge in [0.25, 0.3) is 0 Å². The molecule has 0 unspecified atom stereocenters. The zero-order valence-electron chi connectivity index (χ0n) is 16.2. The number of phenols is 1. The Labute approximate surface area is 169 Å². The zero-order chi connectivity index (χ0) is 19.1. The van der Waals surface area contributed by atoms with Gasteiger partial charge in [-0.1, -0.05) is 0 Å². The van der Waals surface area contributed by atoms with Crippen LogP contribution < -0.4 is 35.9 Å². The van der Waals surface area contributed by atoms with Crippen LogP contribution in [0.5, 0.6) is 28.7 Å². The normalized spacial score (nSPS) is 11.9. The molecule has 4 rings (SSSR count). The number of halogens is 1. The fourth-order valence-electron chi connectivity index (χ4n) is 3.79. The van der Waals surface area contributed by atoms with Crippen molar-refractivity contribution in [1.82, 2.24) is 0 Å². The van der Waals surface area contributed by atoms with E-state index in [1.165, 1.54) is 0 Å². The Morgan fingerprint density at radius 1 is 0.857 bits per heavy atom. The third-order valence-corrected chi connectivity index (χ3v) is 5.09. The van der Waals surface area contributed by atoms with Gasteiger partial charge in [0.15, 0.2) is 35.7 Å². The van der Waals surface area contributed by atoms with E-state index in [1.807, 2.05) is 12.1 Å². The first-order valence-corrected chi connectivity index (χ1v) is 8.67. The van der Waals surface area contributed by atoms with Crippen LogP contribution in [0.3, 0.4) is 0 Å². The molecule has 3 aromatic rings.